The fraction of sp³-hybridized carbons (Fsp3) is 0.250. The minimum Gasteiger partial charge on any atom is -0.504 e. The summed E-state index contributed by atoms with van der Waals surface area (Å²) in [6.45, 7) is 0.240. The van der Waals surface area contributed by atoms with Crippen molar-refractivity contribution in [2.45, 2.75) is 18.0 Å². The third kappa shape index (κ3) is 4.81. The summed E-state index contributed by atoms with van der Waals surface area (Å²) in [6.07, 6.45) is 6.72. The number of nitrogens with zero attached hydrogens (tertiary/aromatic N) is 4. The van der Waals surface area contributed by atoms with Gasteiger partial charge in [-0.15, -0.1) is 23.1 Å². The number of oxime groups is 1. The molecule has 0 spiro atoms. The number of thioether (sulfide) groups is 1. The van der Waals surface area contributed by atoms with Crippen LogP contribution in [0.1, 0.15) is 5.69 Å². The summed E-state index contributed by atoms with van der Waals surface area (Å²) < 4.78 is 1.77. The van der Waals surface area contributed by atoms with Crippen molar-refractivity contribution in [1.29, 1.82) is 0 Å². The van der Waals surface area contributed by atoms with Crippen LogP contribution in [-0.4, -0.2) is 77.1 Å². The predicted octanol–water partition coefficient (Wildman–Crippen LogP) is 0.603. The molecule has 4 heterocycles. The highest BCUT2D eigenvalue weighted by molar-refractivity contribution is 8.00. The summed E-state index contributed by atoms with van der Waals surface area (Å²) >= 11 is 2.29. The van der Waals surface area contributed by atoms with E-state index in [4.69, 9.17) is 5.73 Å². The molecule has 13 nitrogen and oxygen atoms in total. The van der Waals surface area contributed by atoms with Crippen molar-refractivity contribution in [3.8, 4) is 16.9 Å². The van der Waals surface area contributed by atoms with Crippen LogP contribution in [0.15, 0.2) is 58.1 Å². The maximum absolute atomic E-state index is 12.9. The number of hydrogen-bond donors (Lipinski definition) is 5. The molecule has 3 aliphatic heterocycles. The van der Waals surface area contributed by atoms with Crippen LogP contribution >= 0.6 is 23.1 Å². The largest absolute Gasteiger partial charge is 0.504 e. The number of phenols is 1. The summed E-state index contributed by atoms with van der Waals surface area (Å²) in [7, 11) is 0. The number of aromatic nitrogens is 2. The van der Waals surface area contributed by atoms with E-state index in [2.05, 4.69) is 15.5 Å². The third-order valence-electron chi connectivity index (χ3n) is 6.57. The Labute approximate surface area is 228 Å². The second kappa shape index (κ2) is 10.1. The van der Waals surface area contributed by atoms with E-state index in [1.165, 1.54) is 34.2 Å². The lowest BCUT2D eigenvalue weighted by atomic mass is 9.86. The molecule has 3 atom stereocenters. The van der Waals surface area contributed by atoms with Gasteiger partial charge in [-0.25, -0.2) is 4.98 Å². The molecule has 39 heavy (non-hydrogen) atoms. The number of hydrogen-bond acceptors (Lipinski definition) is 11. The van der Waals surface area contributed by atoms with E-state index in [-0.39, 0.29) is 34.6 Å². The number of carbonyl (C=O) groups is 3. The SMILES string of the molecule is Nc1nc(C(=NO)C(=O)NC2C(=O)N3CC(C=CCn4ccc5cc(=O)c(O)cc-5c4)(C(=O)O)CS[C@H]23)cs1. The zero-order valence-electron chi connectivity index (χ0n) is 20.1. The summed E-state index contributed by atoms with van der Waals surface area (Å²) in [6, 6.07) is 3.53. The van der Waals surface area contributed by atoms with E-state index in [1.54, 1.807) is 35.2 Å². The summed E-state index contributed by atoms with van der Waals surface area (Å²) in [5.41, 5.74) is 4.77. The molecule has 0 aromatic carbocycles. The number of β-lactam (4-membered cyclic amide) rings is 1. The number of amides is 2. The van der Waals surface area contributed by atoms with Crippen LogP contribution in [-0.2, 0) is 20.9 Å². The zero-order valence-corrected chi connectivity index (χ0v) is 21.7. The smallest absolute Gasteiger partial charge is 0.316 e. The number of carboxylic acids is 1. The molecule has 2 unspecified atom stereocenters. The first-order valence-corrected chi connectivity index (χ1v) is 13.4. The maximum atomic E-state index is 12.9. The van der Waals surface area contributed by atoms with Crippen molar-refractivity contribution in [1.82, 2.24) is 19.8 Å². The number of fused-ring (bicyclic) bond motifs is 2. The standard InChI is InChI=1S/C24H22N6O7S2/c25-23-26-14(9-38-23)17(28-37)19(33)27-18-20(34)30-10-24(22(35)36,11-39-21(18)30)3-1-4-29-5-2-12-6-15(31)16(32)7-13(12)8-29/h1-3,5-9,18,21,32,37H,4,10-11H2,(H2,25,26)(H,27,33)(H,35,36)/t18?,21-,24?/m1/s1. The van der Waals surface area contributed by atoms with E-state index >= 15 is 0 Å². The van der Waals surface area contributed by atoms with E-state index < -0.39 is 40.0 Å². The minimum atomic E-state index is -1.34. The van der Waals surface area contributed by atoms with Crippen LogP contribution < -0.4 is 16.5 Å². The van der Waals surface area contributed by atoms with Gasteiger partial charge in [0.1, 0.15) is 22.5 Å². The number of allylic oxidation sites excluding steroid dienone is 1. The fourth-order valence-electron chi connectivity index (χ4n) is 4.48. The van der Waals surface area contributed by atoms with Crippen LogP contribution in [0, 0.1) is 5.41 Å². The van der Waals surface area contributed by atoms with E-state index in [0.29, 0.717) is 17.7 Å². The highest BCUT2D eigenvalue weighted by atomic mass is 32.2. The van der Waals surface area contributed by atoms with Crippen molar-refractivity contribution < 1.29 is 29.8 Å². The van der Waals surface area contributed by atoms with Crippen molar-refractivity contribution in [2.75, 3.05) is 18.0 Å². The number of thiazole rings is 1. The zero-order chi connectivity index (χ0) is 27.9. The van der Waals surface area contributed by atoms with Crippen LogP contribution in [0.3, 0.4) is 0 Å². The molecule has 5 rings (SSSR count). The molecule has 0 bridgehead atoms. The van der Waals surface area contributed by atoms with Gasteiger partial charge in [0.25, 0.3) is 5.91 Å². The summed E-state index contributed by atoms with van der Waals surface area (Å²) in [5.74, 6) is -2.53. The first-order valence-electron chi connectivity index (χ1n) is 11.5. The Kier molecular flexibility index (Phi) is 6.78. The Morgan fingerprint density at radius 3 is 2.79 bits per heavy atom. The Balaban J connectivity index is 1.26. The number of nitrogens with two attached hydrogens (primary N) is 1. The normalized spacial score (nSPS) is 23.0. The van der Waals surface area contributed by atoms with Crippen molar-refractivity contribution in [3.63, 3.8) is 0 Å². The highest BCUT2D eigenvalue weighted by Crippen LogP contribution is 2.43. The van der Waals surface area contributed by atoms with Gasteiger partial charge in [-0.1, -0.05) is 17.3 Å². The number of nitrogens with one attached hydrogen (secondary N) is 1. The number of nitrogen functional groups attached to an aromatic ring is 1. The molecule has 6 N–H and O–H groups in total. The van der Waals surface area contributed by atoms with Gasteiger partial charge in [0.05, 0.1) is 0 Å². The van der Waals surface area contributed by atoms with Gasteiger partial charge >= 0.3 is 5.97 Å². The first kappa shape index (κ1) is 26.2. The molecule has 15 heteroatoms. The fourth-order valence-corrected chi connectivity index (χ4v) is 6.54. The molecule has 202 valence electrons. The number of pyridine rings is 1. The first-order chi connectivity index (χ1) is 18.6. The van der Waals surface area contributed by atoms with Crippen molar-refractivity contribution in [2.24, 2.45) is 10.6 Å². The second-order valence-electron chi connectivity index (χ2n) is 9.09. The number of carboxylic acid groups (broad SMARTS) is 1. The van der Waals surface area contributed by atoms with Gasteiger partial charge in [-0.05, 0) is 23.8 Å². The lowest BCUT2D eigenvalue weighted by Gasteiger charge is -2.53. The second-order valence-corrected chi connectivity index (χ2v) is 11.1. The summed E-state index contributed by atoms with van der Waals surface area (Å²) in [4.78, 5) is 54.7. The van der Waals surface area contributed by atoms with Crippen LogP contribution in [0.5, 0.6) is 5.75 Å². The van der Waals surface area contributed by atoms with Crippen molar-refractivity contribution in [3.05, 3.63) is 64.0 Å². The average Bonchev–Trinajstić information content (AvgIpc) is 3.33. The summed E-state index contributed by atoms with van der Waals surface area (Å²) in [5, 5.41) is 35.7. The monoisotopic (exact) mass is 570 g/mol. The van der Waals surface area contributed by atoms with Gasteiger partial charge in [0.2, 0.25) is 11.3 Å². The number of aliphatic carboxylic acids is 1. The van der Waals surface area contributed by atoms with Gasteiger partial charge in [-0.3, -0.25) is 19.2 Å². The number of rotatable bonds is 7. The number of phenolic OH excluding ortho intramolecular Hbond substituents is 1. The molecule has 1 aliphatic carbocycles. The van der Waals surface area contributed by atoms with E-state index in [9.17, 15) is 34.6 Å². The lowest BCUT2D eigenvalue weighted by molar-refractivity contribution is -0.156. The quantitative estimate of drug-likeness (QED) is 0.0881. The number of benzene rings is 1. The van der Waals surface area contributed by atoms with E-state index in [1.807, 2.05) is 0 Å². The molecule has 2 saturated heterocycles. The topological polar surface area (TPSA) is 200 Å². The molecular weight excluding hydrogens is 548 g/mol. The molecule has 0 radical (unpaired) electrons. The Hall–Kier alpha value is -4.37. The van der Waals surface area contributed by atoms with Gasteiger partial charge in [-0.2, -0.15) is 0 Å². The number of carbonyl (C=O) groups excluding carboxylic acids is 2. The molecule has 4 aliphatic rings. The van der Waals surface area contributed by atoms with E-state index in [0.717, 1.165) is 11.3 Å². The molecule has 2 fully saturated rings. The Morgan fingerprint density at radius 2 is 2.10 bits per heavy atom. The van der Waals surface area contributed by atoms with Crippen LogP contribution in [0.25, 0.3) is 11.1 Å². The minimum absolute atomic E-state index is 0.0729. The number of aromatic hydroxyl groups is 1. The maximum Gasteiger partial charge on any atom is 0.316 e. The van der Waals surface area contributed by atoms with Gasteiger partial charge in [0, 0.05) is 42.2 Å². The van der Waals surface area contributed by atoms with Gasteiger partial charge < -0.3 is 35.9 Å². The lowest BCUT2D eigenvalue weighted by Crippen LogP contribution is -2.73. The molecule has 1 aromatic heterocycles. The molecule has 2 amide bonds. The average molecular weight is 571 g/mol. The third-order valence-corrected chi connectivity index (χ3v) is 8.79. The predicted molar refractivity (Wildman–Crippen MR) is 143 cm³/mol. The molecular formula is C24H22N6O7S2. The Bertz CT molecular complexity index is 1570. The van der Waals surface area contributed by atoms with Gasteiger partial charge in [0.15, 0.2) is 16.6 Å². The van der Waals surface area contributed by atoms with Crippen LogP contribution in [0.2, 0.25) is 0 Å². The van der Waals surface area contributed by atoms with Crippen molar-refractivity contribution >= 4 is 51.7 Å². The Morgan fingerprint density at radius 1 is 1.31 bits per heavy atom. The molecule has 0 saturated carbocycles. The molecule has 1 aromatic rings. The highest BCUT2D eigenvalue weighted by Gasteiger charge is 2.56. The number of anilines is 1. The van der Waals surface area contributed by atoms with Crippen LogP contribution in [0.4, 0.5) is 5.13 Å².